The second-order valence-corrected chi connectivity index (χ2v) is 4.46. The van der Waals surface area contributed by atoms with E-state index in [9.17, 15) is 0 Å². The van der Waals surface area contributed by atoms with Crippen LogP contribution in [0.4, 0.5) is 5.69 Å². The molecule has 0 spiro atoms. The molecule has 3 nitrogen and oxygen atoms in total. The Bertz CT molecular complexity index is 495. The van der Waals surface area contributed by atoms with Gasteiger partial charge in [0.15, 0.2) is 0 Å². The average Bonchev–Trinajstić information content (AvgIpc) is 2.73. The van der Waals surface area contributed by atoms with E-state index in [1.807, 2.05) is 0 Å². The van der Waals surface area contributed by atoms with Crippen LogP contribution in [-0.2, 0) is 0 Å². The number of anilines is 1. The predicted octanol–water partition coefficient (Wildman–Crippen LogP) is 1.89. The SMILES string of the molecule is Cc1ccc2[nH]cc(N3CCNCC3)c2c1. The van der Waals surface area contributed by atoms with Crippen molar-refractivity contribution in [3.63, 3.8) is 0 Å². The number of rotatable bonds is 1. The summed E-state index contributed by atoms with van der Waals surface area (Å²) in [6, 6.07) is 6.58. The van der Waals surface area contributed by atoms with Crippen molar-refractivity contribution in [1.29, 1.82) is 0 Å². The highest BCUT2D eigenvalue weighted by Crippen LogP contribution is 2.27. The summed E-state index contributed by atoms with van der Waals surface area (Å²) in [7, 11) is 0. The number of H-pyrrole nitrogens is 1. The molecule has 1 aromatic carbocycles. The number of fused-ring (bicyclic) bond motifs is 1. The van der Waals surface area contributed by atoms with Crippen molar-refractivity contribution in [2.24, 2.45) is 0 Å². The number of piperazine rings is 1. The van der Waals surface area contributed by atoms with Crippen LogP contribution < -0.4 is 10.2 Å². The Morgan fingerprint density at radius 2 is 2.00 bits per heavy atom. The van der Waals surface area contributed by atoms with Crippen molar-refractivity contribution in [3.05, 3.63) is 30.0 Å². The quantitative estimate of drug-likeness (QED) is 0.761. The van der Waals surface area contributed by atoms with Gasteiger partial charge in [-0.15, -0.1) is 0 Å². The molecule has 0 atom stereocenters. The van der Waals surface area contributed by atoms with Gasteiger partial charge in [-0.05, 0) is 19.1 Å². The highest BCUT2D eigenvalue weighted by Gasteiger charge is 2.14. The van der Waals surface area contributed by atoms with Gasteiger partial charge in [-0.1, -0.05) is 11.6 Å². The van der Waals surface area contributed by atoms with Crippen LogP contribution in [0.2, 0.25) is 0 Å². The summed E-state index contributed by atoms with van der Waals surface area (Å²) in [6.07, 6.45) is 2.13. The van der Waals surface area contributed by atoms with Gasteiger partial charge in [0.05, 0.1) is 5.69 Å². The van der Waals surface area contributed by atoms with Gasteiger partial charge in [0, 0.05) is 43.3 Å². The molecule has 1 aliphatic heterocycles. The molecule has 0 unspecified atom stereocenters. The lowest BCUT2D eigenvalue weighted by Crippen LogP contribution is -2.43. The maximum Gasteiger partial charge on any atom is 0.0624 e. The van der Waals surface area contributed by atoms with Crippen LogP contribution in [-0.4, -0.2) is 31.2 Å². The van der Waals surface area contributed by atoms with E-state index < -0.39 is 0 Å². The molecular weight excluding hydrogens is 198 g/mol. The number of hydrogen-bond acceptors (Lipinski definition) is 2. The zero-order valence-corrected chi connectivity index (χ0v) is 9.59. The molecule has 0 amide bonds. The molecule has 1 saturated heterocycles. The van der Waals surface area contributed by atoms with Gasteiger partial charge in [0.25, 0.3) is 0 Å². The van der Waals surface area contributed by atoms with Crippen molar-refractivity contribution in [2.75, 3.05) is 31.1 Å². The second kappa shape index (κ2) is 3.83. The number of hydrogen-bond donors (Lipinski definition) is 2. The van der Waals surface area contributed by atoms with E-state index in [0.717, 1.165) is 26.2 Å². The topological polar surface area (TPSA) is 31.1 Å². The van der Waals surface area contributed by atoms with E-state index in [-0.39, 0.29) is 0 Å². The van der Waals surface area contributed by atoms with Gasteiger partial charge in [-0.2, -0.15) is 0 Å². The molecular formula is C13H17N3. The third-order valence-electron chi connectivity index (χ3n) is 3.27. The minimum atomic E-state index is 1.08. The minimum absolute atomic E-state index is 1.08. The first kappa shape index (κ1) is 9.73. The number of nitrogens with one attached hydrogen (secondary N) is 2. The Hall–Kier alpha value is -1.48. The van der Waals surface area contributed by atoms with E-state index in [0.29, 0.717) is 0 Å². The smallest absolute Gasteiger partial charge is 0.0624 e. The van der Waals surface area contributed by atoms with Crippen LogP contribution in [0.3, 0.4) is 0 Å². The van der Waals surface area contributed by atoms with Gasteiger partial charge in [-0.25, -0.2) is 0 Å². The van der Waals surface area contributed by atoms with Gasteiger partial charge in [0.2, 0.25) is 0 Å². The molecule has 0 aliphatic carbocycles. The number of benzene rings is 1. The number of aromatic nitrogens is 1. The second-order valence-electron chi connectivity index (χ2n) is 4.46. The maximum atomic E-state index is 3.38. The van der Waals surface area contributed by atoms with E-state index in [1.165, 1.54) is 22.2 Å². The molecule has 0 bridgehead atoms. The molecule has 3 heteroatoms. The van der Waals surface area contributed by atoms with Crippen molar-refractivity contribution in [3.8, 4) is 0 Å². The molecule has 1 aliphatic rings. The first-order valence-electron chi connectivity index (χ1n) is 5.88. The molecule has 16 heavy (non-hydrogen) atoms. The van der Waals surface area contributed by atoms with Crippen molar-refractivity contribution in [2.45, 2.75) is 6.92 Å². The summed E-state index contributed by atoms with van der Waals surface area (Å²) >= 11 is 0. The van der Waals surface area contributed by atoms with E-state index >= 15 is 0 Å². The third kappa shape index (κ3) is 1.57. The van der Waals surface area contributed by atoms with Crippen LogP contribution in [0.15, 0.2) is 24.4 Å². The number of aryl methyl sites for hydroxylation is 1. The lowest BCUT2D eigenvalue weighted by Gasteiger charge is -2.28. The van der Waals surface area contributed by atoms with E-state index in [2.05, 4.69) is 46.5 Å². The predicted molar refractivity (Wildman–Crippen MR) is 68.1 cm³/mol. The fraction of sp³-hybridized carbons (Fsp3) is 0.385. The molecule has 1 fully saturated rings. The summed E-state index contributed by atoms with van der Waals surface area (Å²) in [5.41, 5.74) is 3.91. The number of aromatic amines is 1. The molecule has 3 rings (SSSR count). The molecule has 2 heterocycles. The zero-order valence-electron chi connectivity index (χ0n) is 9.59. The average molecular weight is 215 g/mol. The number of nitrogens with zero attached hydrogens (tertiary/aromatic N) is 1. The zero-order chi connectivity index (χ0) is 11.0. The Morgan fingerprint density at radius 3 is 2.81 bits per heavy atom. The molecule has 0 radical (unpaired) electrons. The molecule has 0 saturated carbocycles. The first-order valence-corrected chi connectivity index (χ1v) is 5.88. The summed E-state index contributed by atoms with van der Waals surface area (Å²) in [6.45, 7) is 6.51. The Morgan fingerprint density at radius 1 is 1.19 bits per heavy atom. The van der Waals surface area contributed by atoms with Gasteiger partial charge >= 0.3 is 0 Å². The summed E-state index contributed by atoms with van der Waals surface area (Å²) in [5.74, 6) is 0. The lowest BCUT2D eigenvalue weighted by atomic mass is 10.1. The molecule has 2 aromatic rings. The van der Waals surface area contributed by atoms with Crippen LogP contribution in [0.25, 0.3) is 10.9 Å². The highest BCUT2D eigenvalue weighted by atomic mass is 15.2. The van der Waals surface area contributed by atoms with Crippen molar-refractivity contribution >= 4 is 16.6 Å². The normalized spacial score (nSPS) is 16.9. The summed E-state index contributed by atoms with van der Waals surface area (Å²) in [5, 5.41) is 4.73. The van der Waals surface area contributed by atoms with Crippen molar-refractivity contribution < 1.29 is 0 Å². The van der Waals surface area contributed by atoms with Gasteiger partial charge < -0.3 is 15.2 Å². The van der Waals surface area contributed by atoms with Gasteiger partial charge in [-0.3, -0.25) is 0 Å². The summed E-state index contributed by atoms with van der Waals surface area (Å²) < 4.78 is 0. The van der Waals surface area contributed by atoms with Crippen LogP contribution >= 0.6 is 0 Å². The largest absolute Gasteiger partial charge is 0.367 e. The van der Waals surface area contributed by atoms with Crippen LogP contribution in [0.5, 0.6) is 0 Å². The molecule has 1 aromatic heterocycles. The minimum Gasteiger partial charge on any atom is -0.367 e. The third-order valence-corrected chi connectivity index (χ3v) is 3.27. The maximum absolute atomic E-state index is 3.38. The van der Waals surface area contributed by atoms with Crippen LogP contribution in [0, 0.1) is 6.92 Å². The molecule has 84 valence electrons. The first-order chi connectivity index (χ1) is 7.84. The monoisotopic (exact) mass is 215 g/mol. The Kier molecular flexibility index (Phi) is 2.33. The van der Waals surface area contributed by atoms with Gasteiger partial charge in [0.1, 0.15) is 0 Å². The lowest BCUT2D eigenvalue weighted by molar-refractivity contribution is 0.590. The van der Waals surface area contributed by atoms with Crippen molar-refractivity contribution in [1.82, 2.24) is 10.3 Å². The fourth-order valence-electron chi connectivity index (χ4n) is 2.39. The highest BCUT2D eigenvalue weighted by molar-refractivity contribution is 5.93. The van der Waals surface area contributed by atoms with E-state index in [4.69, 9.17) is 0 Å². The Balaban J connectivity index is 2.05. The van der Waals surface area contributed by atoms with Crippen LogP contribution in [0.1, 0.15) is 5.56 Å². The fourth-order valence-corrected chi connectivity index (χ4v) is 2.39. The Labute approximate surface area is 95.5 Å². The molecule has 2 N–H and O–H groups in total. The summed E-state index contributed by atoms with van der Waals surface area (Å²) in [4.78, 5) is 5.80. The van der Waals surface area contributed by atoms with E-state index in [1.54, 1.807) is 0 Å². The standard InChI is InChI=1S/C13H17N3/c1-10-2-3-12-11(8-10)13(9-15-12)16-6-4-14-5-7-16/h2-3,8-9,14-15H,4-7H2,1H3.